The average molecular weight is 379 g/mol. The zero-order valence-electron chi connectivity index (χ0n) is 15.5. The Balaban J connectivity index is 1.41. The Morgan fingerprint density at radius 3 is 2.96 bits per heavy atom. The maximum Gasteiger partial charge on any atom is 0.166 e. The highest BCUT2D eigenvalue weighted by Gasteiger charge is 2.42. The molecule has 1 unspecified atom stereocenters. The predicted octanol–water partition coefficient (Wildman–Crippen LogP) is 2.88. The number of rotatable bonds is 4. The van der Waals surface area contributed by atoms with Crippen LogP contribution in [0, 0.1) is 5.82 Å². The Morgan fingerprint density at radius 1 is 1.25 bits per heavy atom. The van der Waals surface area contributed by atoms with Gasteiger partial charge in [0.05, 0.1) is 5.69 Å². The van der Waals surface area contributed by atoms with Crippen LogP contribution in [0.4, 0.5) is 10.2 Å². The van der Waals surface area contributed by atoms with Crippen LogP contribution in [-0.4, -0.2) is 27.9 Å². The molecule has 28 heavy (non-hydrogen) atoms. The van der Waals surface area contributed by atoms with Crippen molar-refractivity contribution in [2.75, 3.05) is 18.8 Å². The zero-order chi connectivity index (χ0) is 19.1. The third-order valence-electron chi connectivity index (χ3n) is 5.89. The number of aromatic nitrogens is 3. The smallest absolute Gasteiger partial charge is 0.166 e. The molecule has 7 heteroatoms. The Bertz CT molecular complexity index is 1030. The summed E-state index contributed by atoms with van der Waals surface area (Å²) in [5, 5.41) is 8.25. The lowest BCUT2D eigenvalue weighted by Gasteiger charge is -2.20. The fourth-order valence-electron chi connectivity index (χ4n) is 4.26. The second-order valence-corrected chi connectivity index (χ2v) is 7.58. The van der Waals surface area contributed by atoms with Crippen LogP contribution >= 0.6 is 0 Å². The van der Waals surface area contributed by atoms with Gasteiger partial charge in [-0.05, 0) is 37.6 Å². The third kappa shape index (κ3) is 2.82. The molecule has 1 spiro atoms. The van der Waals surface area contributed by atoms with Gasteiger partial charge >= 0.3 is 0 Å². The minimum absolute atomic E-state index is 0.0937. The van der Waals surface area contributed by atoms with Gasteiger partial charge in [0.15, 0.2) is 11.6 Å². The van der Waals surface area contributed by atoms with Crippen LogP contribution in [0.3, 0.4) is 0 Å². The van der Waals surface area contributed by atoms with Gasteiger partial charge in [-0.2, -0.15) is 5.10 Å². The van der Waals surface area contributed by atoms with E-state index >= 15 is 0 Å². The predicted molar refractivity (Wildman–Crippen MR) is 104 cm³/mol. The fraction of sp³-hybridized carbons (Fsp3) is 0.333. The number of aryl methyl sites for hydroxylation is 1. The standard InChI is InChI=1S/C21H22FN5O/c22-16-4-2-1-3-14(16)12-28-18-9-15(11-25-20(18)23)17-10-19-21(5-7-24-13-21)6-8-27(19)26-17/h1-4,9-11,24H,5-8,12-13H2,(H2,23,25). The molecule has 0 saturated carbocycles. The number of fused-ring (bicyclic) bond motifs is 2. The first-order chi connectivity index (χ1) is 13.6. The number of halogens is 1. The van der Waals surface area contributed by atoms with E-state index in [-0.39, 0.29) is 23.7 Å². The summed E-state index contributed by atoms with van der Waals surface area (Å²) in [7, 11) is 0. The molecule has 0 bridgehead atoms. The van der Waals surface area contributed by atoms with Crippen LogP contribution < -0.4 is 15.8 Å². The van der Waals surface area contributed by atoms with Crippen molar-refractivity contribution in [1.82, 2.24) is 20.1 Å². The summed E-state index contributed by atoms with van der Waals surface area (Å²) in [5.41, 5.74) is 9.66. The summed E-state index contributed by atoms with van der Waals surface area (Å²) in [6.07, 6.45) is 4.00. The molecule has 6 nitrogen and oxygen atoms in total. The van der Waals surface area contributed by atoms with Crippen molar-refractivity contribution in [2.45, 2.75) is 31.4 Å². The Morgan fingerprint density at radius 2 is 2.14 bits per heavy atom. The normalized spacial score (nSPS) is 20.6. The molecule has 0 radical (unpaired) electrons. The summed E-state index contributed by atoms with van der Waals surface area (Å²) >= 11 is 0. The monoisotopic (exact) mass is 379 g/mol. The molecule has 1 aromatic carbocycles. The minimum Gasteiger partial charge on any atom is -0.485 e. The van der Waals surface area contributed by atoms with Gasteiger partial charge in [-0.15, -0.1) is 0 Å². The van der Waals surface area contributed by atoms with E-state index in [4.69, 9.17) is 15.6 Å². The van der Waals surface area contributed by atoms with E-state index in [2.05, 4.69) is 21.0 Å². The van der Waals surface area contributed by atoms with E-state index in [1.54, 1.807) is 24.4 Å². The van der Waals surface area contributed by atoms with E-state index in [1.165, 1.54) is 11.8 Å². The molecule has 1 fully saturated rings. The number of nitrogen functional groups attached to an aromatic ring is 1. The topological polar surface area (TPSA) is 78.0 Å². The number of nitrogens with two attached hydrogens (primary N) is 1. The van der Waals surface area contributed by atoms with Crippen molar-refractivity contribution in [3.05, 3.63) is 59.7 Å². The Labute approximate surface area is 162 Å². The molecular formula is C21H22FN5O. The summed E-state index contributed by atoms with van der Waals surface area (Å²) in [6.45, 7) is 3.10. The first-order valence-corrected chi connectivity index (χ1v) is 9.56. The molecule has 4 heterocycles. The summed E-state index contributed by atoms with van der Waals surface area (Å²) < 4.78 is 21.7. The van der Waals surface area contributed by atoms with Crippen LogP contribution in [0.1, 0.15) is 24.1 Å². The Hall–Kier alpha value is -2.93. The van der Waals surface area contributed by atoms with Crippen LogP contribution in [0.5, 0.6) is 5.75 Å². The van der Waals surface area contributed by atoms with Crippen LogP contribution in [0.2, 0.25) is 0 Å². The lowest BCUT2D eigenvalue weighted by Crippen LogP contribution is -2.25. The van der Waals surface area contributed by atoms with E-state index in [9.17, 15) is 4.39 Å². The Kier molecular flexibility index (Phi) is 4.05. The van der Waals surface area contributed by atoms with Gasteiger partial charge in [0.2, 0.25) is 0 Å². The number of hydrogen-bond acceptors (Lipinski definition) is 5. The summed E-state index contributed by atoms with van der Waals surface area (Å²) in [4.78, 5) is 4.26. The first kappa shape index (κ1) is 17.2. The van der Waals surface area contributed by atoms with Crippen molar-refractivity contribution >= 4 is 5.82 Å². The highest BCUT2D eigenvalue weighted by molar-refractivity contribution is 5.64. The first-order valence-electron chi connectivity index (χ1n) is 9.56. The molecule has 3 aromatic rings. The summed E-state index contributed by atoms with van der Waals surface area (Å²) in [6, 6.07) is 10.5. The van der Waals surface area contributed by atoms with Gasteiger partial charge in [-0.3, -0.25) is 4.68 Å². The van der Waals surface area contributed by atoms with Gasteiger partial charge in [-0.1, -0.05) is 18.2 Å². The second-order valence-electron chi connectivity index (χ2n) is 7.58. The van der Waals surface area contributed by atoms with E-state index in [0.29, 0.717) is 11.3 Å². The molecule has 5 rings (SSSR count). The van der Waals surface area contributed by atoms with Crippen molar-refractivity contribution in [2.24, 2.45) is 0 Å². The fourth-order valence-corrected chi connectivity index (χ4v) is 4.26. The SMILES string of the molecule is Nc1ncc(-c2cc3n(n2)CCC32CCNC2)cc1OCc1ccccc1F. The van der Waals surface area contributed by atoms with E-state index in [1.807, 2.05) is 6.07 Å². The molecule has 1 atom stereocenters. The largest absolute Gasteiger partial charge is 0.485 e. The number of pyridine rings is 1. The molecule has 1 saturated heterocycles. The number of hydrogen-bond donors (Lipinski definition) is 2. The quantitative estimate of drug-likeness (QED) is 0.729. The zero-order valence-corrected chi connectivity index (χ0v) is 15.5. The molecule has 144 valence electrons. The molecule has 0 amide bonds. The molecule has 2 aromatic heterocycles. The highest BCUT2D eigenvalue weighted by atomic mass is 19.1. The molecule has 2 aliphatic heterocycles. The third-order valence-corrected chi connectivity index (χ3v) is 5.89. The lowest BCUT2D eigenvalue weighted by atomic mass is 9.82. The van der Waals surface area contributed by atoms with Gasteiger partial charge in [0.1, 0.15) is 12.4 Å². The van der Waals surface area contributed by atoms with Gasteiger partial charge in [-0.25, -0.2) is 9.37 Å². The van der Waals surface area contributed by atoms with Gasteiger partial charge < -0.3 is 15.8 Å². The number of nitrogens with one attached hydrogen (secondary N) is 1. The number of nitrogens with zero attached hydrogens (tertiary/aromatic N) is 3. The average Bonchev–Trinajstić information content (AvgIpc) is 3.41. The number of benzene rings is 1. The van der Waals surface area contributed by atoms with Gasteiger partial charge in [0, 0.05) is 41.5 Å². The summed E-state index contributed by atoms with van der Waals surface area (Å²) in [5.74, 6) is 0.417. The number of anilines is 1. The maximum absolute atomic E-state index is 13.8. The molecular weight excluding hydrogens is 357 g/mol. The number of ether oxygens (including phenoxy) is 1. The van der Waals surface area contributed by atoms with E-state index < -0.39 is 0 Å². The van der Waals surface area contributed by atoms with Gasteiger partial charge in [0.25, 0.3) is 0 Å². The lowest BCUT2D eigenvalue weighted by molar-refractivity contribution is 0.300. The molecule has 2 aliphatic rings. The van der Waals surface area contributed by atoms with Crippen molar-refractivity contribution in [3.63, 3.8) is 0 Å². The highest BCUT2D eigenvalue weighted by Crippen LogP contribution is 2.41. The molecule has 3 N–H and O–H groups in total. The van der Waals surface area contributed by atoms with Crippen LogP contribution in [0.25, 0.3) is 11.3 Å². The minimum atomic E-state index is -0.300. The molecule has 0 aliphatic carbocycles. The maximum atomic E-state index is 13.8. The van der Waals surface area contributed by atoms with Crippen molar-refractivity contribution in [1.29, 1.82) is 0 Å². The van der Waals surface area contributed by atoms with Crippen molar-refractivity contribution < 1.29 is 9.13 Å². The van der Waals surface area contributed by atoms with E-state index in [0.717, 1.165) is 43.7 Å². The second kappa shape index (κ2) is 6.60. The van der Waals surface area contributed by atoms with Crippen LogP contribution in [-0.2, 0) is 18.6 Å². The van der Waals surface area contributed by atoms with Crippen LogP contribution in [0.15, 0.2) is 42.6 Å². The van der Waals surface area contributed by atoms with Crippen molar-refractivity contribution in [3.8, 4) is 17.0 Å².